The first-order valence-corrected chi connectivity index (χ1v) is 4.24. The van der Waals surface area contributed by atoms with E-state index < -0.39 is 5.82 Å². The molecule has 0 amide bonds. The van der Waals surface area contributed by atoms with Gasteiger partial charge in [-0.05, 0) is 18.2 Å². The number of hydrogen-bond acceptors (Lipinski definition) is 1. The lowest BCUT2D eigenvalue weighted by Crippen LogP contribution is -2.00. The third-order valence-corrected chi connectivity index (χ3v) is 1.81. The SMILES string of the molecule is C#CCCNc1ccc(F)c(Cl)c1. The molecule has 1 aromatic carbocycles. The molecule has 0 saturated heterocycles. The van der Waals surface area contributed by atoms with Crippen LogP contribution >= 0.6 is 11.6 Å². The zero-order valence-electron chi connectivity index (χ0n) is 6.98. The molecule has 0 fully saturated rings. The maximum Gasteiger partial charge on any atom is 0.141 e. The zero-order valence-corrected chi connectivity index (χ0v) is 7.74. The summed E-state index contributed by atoms with van der Waals surface area (Å²) < 4.78 is 12.7. The molecule has 0 aliphatic rings. The number of rotatable bonds is 3. The van der Waals surface area contributed by atoms with Gasteiger partial charge in [0.15, 0.2) is 0 Å². The molecule has 0 bridgehead atoms. The fraction of sp³-hybridized carbons (Fsp3) is 0.200. The van der Waals surface area contributed by atoms with E-state index in [9.17, 15) is 4.39 Å². The smallest absolute Gasteiger partial charge is 0.141 e. The monoisotopic (exact) mass is 197 g/mol. The minimum absolute atomic E-state index is 0.116. The van der Waals surface area contributed by atoms with Gasteiger partial charge in [0.2, 0.25) is 0 Å². The van der Waals surface area contributed by atoms with E-state index >= 15 is 0 Å². The molecule has 0 heterocycles. The van der Waals surface area contributed by atoms with Crippen LogP contribution in [0.5, 0.6) is 0 Å². The second-order valence-electron chi connectivity index (χ2n) is 2.51. The molecule has 0 aliphatic heterocycles. The van der Waals surface area contributed by atoms with Gasteiger partial charge in [-0.15, -0.1) is 12.3 Å². The fourth-order valence-corrected chi connectivity index (χ4v) is 1.07. The van der Waals surface area contributed by atoms with Crippen LogP contribution in [-0.4, -0.2) is 6.54 Å². The molecule has 0 unspecified atom stereocenters. The third kappa shape index (κ3) is 2.96. The van der Waals surface area contributed by atoms with Gasteiger partial charge in [-0.25, -0.2) is 4.39 Å². The van der Waals surface area contributed by atoms with E-state index in [0.29, 0.717) is 13.0 Å². The highest BCUT2D eigenvalue weighted by molar-refractivity contribution is 6.31. The van der Waals surface area contributed by atoms with E-state index in [0.717, 1.165) is 5.69 Å². The van der Waals surface area contributed by atoms with Gasteiger partial charge in [-0.3, -0.25) is 0 Å². The first-order valence-electron chi connectivity index (χ1n) is 3.86. The largest absolute Gasteiger partial charge is 0.384 e. The summed E-state index contributed by atoms with van der Waals surface area (Å²) in [5.74, 6) is 2.08. The van der Waals surface area contributed by atoms with Gasteiger partial charge in [0, 0.05) is 18.7 Å². The van der Waals surface area contributed by atoms with E-state index in [1.165, 1.54) is 12.1 Å². The van der Waals surface area contributed by atoms with Gasteiger partial charge in [-0.1, -0.05) is 11.6 Å². The van der Waals surface area contributed by atoms with E-state index in [-0.39, 0.29) is 5.02 Å². The zero-order chi connectivity index (χ0) is 9.68. The summed E-state index contributed by atoms with van der Waals surface area (Å²) in [5, 5.41) is 3.14. The normalized spacial score (nSPS) is 9.31. The van der Waals surface area contributed by atoms with Crippen molar-refractivity contribution in [2.24, 2.45) is 0 Å². The van der Waals surface area contributed by atoms with Crippen molar-refractivity contribution in [1.82, 2.24) is 0 Å². The van der Waals surface area contributed by atoms with Gasteiger partial charge < -0.3 is 5.32 Å². The molecule has 0 spiro atoms. The molecule has 0 atom stereocenters. The molecule has 3 heteroatoms. The summed E-state index contributed by atoms with van der Waals surface area (Å²) in [7, 11) is 0. The number of anilines is 1. The van der Waals surface area contributed by atoms with Crippen LogP contribution in [0.2, 0.25) is 5.02 Å². The number of terminal acetylenes is 1. The average molecular weight is 198 g/mol. The Balaban J connectivity index is 2.59. The molecule has 68 valence electrons. The van der Waals surface area contributed by atoms with E-state index in [1.807, 2.05) is 0 Å². The highest BCUT2D eigenvalue weighted by atomic mass is 35.5. The summed E-state index contributed by atoms with van der Waals surface area (Å²) in [4.78, 5) is 0. The molecule has 0 saturated carbocycles. The van der Waals surface area contributed by atoms with Crippen molar-refractivity contribution in [3.8, 4) is 12.3 Å². The molecule has 1 N–H and O–H groups in total. The van der Waals surface area contributed by atoms with Crippen molar-refractivity contribution >= 4 is 17.3 Å². The summed E-state index contributed by atoms with van der Waals surface area (Å²) in [5.41, 5.74) is 0.779. The van der Waals surface area contributed by atoms with Gasteiger partial charge in [0.1, 0.15) is 5.82 Å². The van der Waals surface area contributed by atoms with E-state index in [2.05, 4.69) is 11.2 Å². The molecule has 1 rings (SSSR count). The van der Waals surface area contributed by atoms with Gasteiger partial charge in [0.25, 0.3) is 0 Å². The first-order chi connectivity index (χ1) is 6.24. The van der Waals surface area contributed by atoms with Crippen molar-refractivity contribution in [2.45, 2.75) is 6.42 Å². The number of benzene rings is 1. The maximum absolute atomic E-state index is 12.7. The summed E-state index contributed by atoms with van der Waals surface area (Å²) in [6, 6.07) is 4.48. The highest BCUT2D eigenvalue weighted by Gasteiger charge is 1.99. The third-order valence-electron chi connectivity index (χ3n) is 1.52. The standard InChI is InChI=1S/C10H9ClFN/c1-2-3-6-13-8-4-5-10(12)9(11)7-8/h1,4-5,7,13H,3,6H2. The lowest BCUT2D eigenvalue weighted by atomic mass is 10.3. The molecule has 13 heavy (non-hydrogen) atoms. The van der Waals surface area contributed by atoms with E-state index in [4.69, 9.17) is 18.0 Å². The van der Waals surface area contributed by atoms with Crippen LogP contribution in [0.1, 0.15) is 6.42 Å². The van der Waals surface area contributed by atoms with Crippen LogP contribution in [-0.2, 0) is 0 Å². The van der Waals surface area contributed by atoms with E-state index in [1.54, 1.807) is 6.07 Å². The Labute approximate surface area is 81.9 Å². The Morgan fingerprint density at radius 1 is 1.54 bits per heavy atom. The average Bonchev–Trinajstić information content (AvgIpc) is 2.12. The molecular formula is C10H9ClFN. The highest BCUT2D eigenvalue weighted by Crippen LogP contribution is 2.18. The Morgan fingerprint density at radius 3 is 2.92 bits per heavy atom. The maximum atomic E-state index is 12.7. The lowest BCUT2D eigenvalue weighted by Gasteiger charge is -2.04. The van der Waals surface area contributed by atoms with Crippen molar-refractivity contribution in [1.29, 1.82) is 0 Å². The summed E-state index contributed by atoms with van der Waals surface area (Å²) in [6.07, 6.45) is 5.70. The lowest BCUT2D eigenvalue weighted by molar-refractivity contribution is 0.628. The summed E-state index contributed by atoms with van der Waals surface area (Å²) in [6.45, 7) is 0.665. The molecule has 0 aromatic heterocycles. The van der Waals surface area contributed by atoms with Crippen LogP contribution in [0.25, 0.3) is 0 Å². The van der Waals surface area contributed by atoms with Crippen LogP contribution in [0.4, 0.5) is 10.1 Å². The first kappa shape index (κ1) is 9.88. The molecule has 1 aromatic rings. The quantitative estimate of drug-likeness (QED) is 0.581. The molecular weight excluding hydrogens is 189 g/mol. The Morgan fingerprint density at radius 2 is 2.31 bits per heavy atom. The predicted molar refractivity (Wildman–Crippen MR) is 53.3 cm³/mol. The number of halogens is 2. The van der Waals surface area contributed by atoms with Crippen molar-refractivity contribution in [3.63, 3.8) is 0 Å². The topological polar surface area (TPSA) is 12.0 Å². The van der Waals surface area contributed by atoms with Crippen molar-refractivity contribution in [2.75, 3.05) is 11.9 Å². The fourth-order valence-electron chi connectivity index (χ4n) is 0.885. The Bertz CT molecular complexity index is 330. The number of nitrogens with one attached hydrogen (secondary N) is 1. The van der Waals surface area contributed by atoms with Gasteiger partial charge in [-0.2, -0.15) is 0 Å². The minimum Gasteiger partial charge on any atom is -0.384 e. The second-order valence-corrected chi connectivity index (χ2v) is 2.92. The number of hydrogen-bond donors (Lipinski definition) is 1. The minimum atomic E-state index is -0.413. The predicted octanol–water partition coefficient (Wildman–Crippen LogP) is 2.91. The summed E-state index contributed by atoms with van der Waals surface area (Å²) >= 11 is 5.57. The van der Waals surface area contributed by atoms with Gasteiger partial charge in [0.05, 0.1) is 5.02 Å². The second kappa shape index (κ2) is 4.74. The van der Waals surface area contributed by atoms with Crippen molar-refractivity contribution in [3.05, 3.63) is 29.0 Å². The van der Waals surface area contributed by atoms with Crippen LogP contribution in [0.3, 0.4) is 0 Å². The van der Waals surface area contributed by atoms with Crippen LogP contribution in [0.15, 0.2) is 18.2 Å². The Kier molecular flexibility index (Phi) is 3.60. The van der Waals surface area contributed by atoms with Crippen molar-refractivity contribution < 1.29 is 4.39 Å². The van der Waals surface area contributed by atoms with Crippen LogP contribution in [0, 0.1) is 18.2 Å². The van der Waals surface area contributed by atoms with Gasteiger partial charge >= 0.3 is 0 Å². The Hall–Kier alpha value is -1.20. The molecule has 1 nitrogen and oxygen atoms in total. The van der Waals surface area contributed by atoms with Crippen LogP contribution < -0.4 is 5.32 Å². The molecule has 0 radical (unpaired) electrons. The molecule has 0 aliphatic carbocycles.